The molecule has 1 aliphatic heterocycles. The monoisotopic (exact) mass is 234 g/mol. The highest BCUT2D eigenvalue weighted by atomic mass is 32.2. The fourth-order valence-electron chi connectivity index (χ4n) is 2.28. The normalized spacial score (nSPS) is 35.6. The molecule has 0 aromatic heterocycles. The first kappa shape index (κ1) is 11.1. The van der Waals surface area contributed by atoms with Crippen LogP contribution in [0, 0.1) is 5.92 Å². The predicted octanol–water partition coefficient (Wildman–Crippen LogP) is 2.23. The minimum atomic E-state index is 0.424. The van der Waals surface area contributed by atoms with Gasteiger partial charge in [-0.1, -0.05) is 0 Å². The Labute approximate surface area is 94.5 Å². The van der Waals surface area contributed by atoms with Crippen molar-refractivity contribution in [3.63, 3.8) is 0 Å². The maximum atomic E-state index is 5.47. The lowest BCUT2D eigenvalue weighted by Crippen LogP contribution is -2.56. The van der Waals surface area contributed by atoms with Crippen molar-refractivity contribution < 1.29 is 9.47 Å². The second-order valence-electron chi connectivity index (χ2n) is 3.90. The molecule has 2 rings (SSSR count). The molecule has 1 heterocycles. The first-order valence-electron chi connectivity index (χ1n) is 5.12. The molecule has 1 spiro atoms. The largest absolute Gasteiger partial charge is 0.384 e. The zero-order valence-electron chi connectivity index (χ0n) is 8.82. The standard InChI is InChI=1S/C10H18O2S2/c1-11-7-8-9(12-2)6-10(8)13-4-3-5-14-10/h8-9H,3-7H2,1-2H3/t8-,9-/m0/s1. The van der Waals surface area contributed by atoms with E-state index in [1.165, 1.54) is 24.3 Å². The lowest BCUT2D eigenvalue weighted by Gasteiger charge is -2.54. The second-order valence-corrected chi connectivity index (χ2v) is 7.01. The molecular formula is C10H18O2S2. The van der Waals surface area contributed by atoms with Crippen LogP contribution in [0.2, 0.25) is 0 Å². The van der Waals surface area contributed by atoms with Crippen LogP contribution in [0.15, 0.2) is 0 Å². The topological polar surface area (TPSA) is 18.5 Å². The van der Waals surface area contributed by atoms with Crippen LogP contribution in [0.25, 0.3) is 0 Å². The Hall–Kier alpha value is 0.620. The van der Waals surface area contributed by atoms with Crippen LogP contribution in [0.5, 0.6) is 0 Å². The second kappa shape index (κ2) is 4.64. The van der Waals surface area contributed by atoms with Gasteiger partial charge in [0, 0.05) is 20.1 Å². The van der Waals surface area contributed by atoms with Crippen molar-refractivity contribution in [1.82, 2.24) is 0 Å². The molecule has 1 saturated carbocycles. The Kier molecular flexibility index (Phi) is 3.68. The number of rotatable bonds is 3. The van der Waals surface area contributed by atoms with Gasteiger partial charge in [-0.25, -0.2) is 0 Å². The smallest absolute Gasteiger partial charge is 0.0710 e. The zero-order valence-corrected chi connectivity index (χ0v) is 10.5. The molecule has 2 atom stereocenters. The van der Waals surface area contributed by atoms with Crippen molar-refractivity contribution >= 4 is 23.5 Å². The molecule has 2 fully saturated rings. The van der Waals surface area contributed by atoms with Crippen molar-refractivity contribution in [2.24, 2.45) is 5.92 Å². The highest BCUT2D eigenvalue weighted by Crippen LogP contribution is 2.59. The maximum Gasteiger partial charge on any atom is 0.0710 e. The molecule has 82 valence electrons. The van der Waals surface area contributed by atoms with Gasteiger partial charge in [-0.05, 0) is 24.3 Å². The highest BCUT2D eigenvalue weighted by molar-refractivity contribution is 8.18. The third kappa shape index (κ3) is 1.82. The molecule has 2 aliphatic rings. The molecule has 14 heavy (non-hydrogen) atoms. The Balaban J connectivity index is 1.98. The minimum Gasteiger partial charge on any atom is -0.384 e. The summed E-state index contributed by atoms with van der Waals surface area (Å²) >= 11 is 4.24. The van der Waals surface area contributed by atoms with E-state index < -0.39 is 0 Å². The minimum absolute atomic E-state index is 0.424. The van der Waals surface area contributed by atoms with Crippen LogP contribution < -0.4 is 0 Å². The summed E-state index contributed by atoms with van der Waals surface area (Å²) in [7, 11) is 3.61. The Morgan fingerprint density at radius 1 is 1.29 bits per heavy atom. The van der Waals surface area contributed by atoms with E-state index in [-0.39, 0.29) is 0 Å². The third-order valence-electron chi connectivity index (χ3n) is 3.13. The number of thioether (sulfide) groups is 2. The van der Waals surface area contributed by atoms with Gasteiger partial charge >= 0.3 is 0 Å². The van der Waals surface area contributed by atoms with Crippen molar-refractivity contribution in [3.8, 4) is 0 Å². The summed E-state index contributed by atoms with van der Waals surface area (Å²) in [6, 6.07) is 0. The Morgan fingerprint density at radius 2 is 2.00 bits per heavy atom. The van der Waals surface area contributed by atoms with E-state index in [9.17, 15) is 0 Å². The van der Waals surface area contributed by atoms with Gasteiger partial charge in [0.05, 0.1) is 16.8 Å². The zero-order chi connectivity index (χ0) is 10.0. The molecule has 0 aromatic rings. The molecule has 0 bridgehead atoms. The first-order valence-corrected chi connectivity index (χ1v) is 7.09. The Bertz CT molecular complexity index is 193. The molecule has 2 nitrogen and oxygen atoms in total. The summed E-state index contributed by atoms with van der Waals surface area (Å²) in [4.78, 5) is 0. The lowest BCUT2D eigenvalue weighted by molar-refractivity contribution is -0.0506. The molecule has 1 aliphatic carbocycles. The Morgan fingerprint density at radius 3 is 2.57 bits per heavy atom. The van der Waals surface area contributed by atoms with Gasteiger partial charge in [0.25, 0.3) is 0 Å². The molecule has 0 unspecified atom stereocenters. The fraction of sp³-hybridized carbons (Fsp3) is 1.00. The molecule has 0 amide bonds. The van der Waals surface area contributed by atoms with Crippen LogP contribution in [-0.4, -0.2) is 42.5 Å². The van der Waals surface area contributed by atoms with Crippen LogP contribution in [0.4, 0.5) is 0 Å². The number of ether oxygens (including phenoxy) is 2. The summed E-state index contributed by atoms with van der Waals surface area (Å²) in [5.41, 5.74) is 0. The van der Waals surface area contributed by atoms with E-state index >= 15 is 0 Å². The van der Waals surface area contributed by atoms with Crippen molar-refractivity contribution in [2.75, 3.05) is 32.3 Å². The molecule has 1 saturated heterocycles. The molecule has 0 radical (unpaired) electrons. The van der Waals surface area contributed by atoms with Crippen molar-refractivity contribution in [2.45, 2.75) is 23.0 Å². The van der Waals surface area contributed by atoms with Gasteiger partial charge < -0.3 is 9.47 Å². The average Bonchev–Trinajstić information content (AvgIpc) is 2.24. The van der Waals surface area contributed by atoms with Crippen LogP contribution in [-0.2, 0) is 9.47 Å². The summed E-state index contributed by atoms with van der Waals surface area (Å²) in [5, 5.41) is 0. The van der Waals surface area contributed by atoms with Gasteiger partial charge in [-0.2, -0.15) is 0 Å². The molecule has 4 heteroatoms. The number of hydrogen-bond acceptors (Lipinski definition) is 4. The van der Waals surface area contributed by atoms with E-state index in [2.05, 4.69) is 23.5 Å². The van der Waals surface area contributed by atoms with Crippen LogP contribution in [0.1, 0.15) is 12.8 Å². The number of methoxy groups -OCH3 is 2. The molecule has 0 N–H and O–H groups in total. The SMILES string of the molecule is COC[C@H]1[C@@H](OC)CC12SCCCS2. The highest BCUT2D eigenvalue weighted by Gasteiger charge is 2.55. The van der Waals surface area contributed by atoms with Crippen LogP contribution in [0.3, 0.4) is 0 Å². The van der Waals surface area contributed by atoms with Crippen molar-refractivity contribution in [1.29, 1.82) is 0 Å². The van der Waals surface area contributed by atoms with E-state index in [0.29, 0.717) is 16.1 Å². The maximum absolute atomic E-state index is 5.47. The quantitative estimate of drug-likeness (QED) is 0.745. The molecular weight excluding hydrogens is 216 g/mol. The summed E-state index contributed by atoms with van der Waals surface area (Å²) in [5.74, 6) is 3.21. The third-order valence-corrected chi connectivity index (χ3v) is 6.74. The first-order chi connectivity index (χ1) is 6.82. The molecule has 0 aromatic carbocycles. The van der Waals surface area contributed by atoms with Gasteiger partial charge in [0.15, 0.2) is 0 Å². The van der Waals surface area contributed by atoms with Gasteiger partial charge in [0.1, 0.15) is 0 Å². The summed E-state index contributed by atoms with van der Waals surface area (Å²) < 4.78 is 11.2. The van der Waals surface area contributed by atoms with Gasteiger partial charge in [0.2, 0.25) is 0 Å². The van der Waals surface area contributed by atoms with Crippen LogP contribution >= 0.6 is 23.5 Å². The van der Waals surface area contributed by atoms with E-state index in [0.717, 1.165) is 6.61 Å². The summed E-state index contributed by atoms with van der Waals surface area (Å²) in [6.45, 7) is 0.846. The number of hydrogen-bond donors (Lipinski definition) is 0. The summed E-state index contributed by atoms with van der Waals surface area (Å²) in [6.07, 6.45) is 2.98. The van der Waals surface area contributed by atoms with Gasteiger partial charge in [-0.15, -0.1) is 23.5 Å². The van der Waals surface area contributed by atoms with Gasteiger partial charge in [-0.3, -0.25) is 0 Å². The average molecular weight is 234 g/mol. The lowest BCUT2D eigenvalue weighted by atomic mass is 9.81. The van der Waals surface area contributed by atoms with E-state index in [4.69, 9.17) is 9.47 Å². The van der Waals surface area contributed by atoms with E-state index in [1.807, 2.05) is 7.11 Å². The predicted molar refractivity (Wildman–Crippen MR) is 63.0 cm³/mol. The van der Waals surface area contributed by atoms with Crippen molar-refractivity contribution in [3.05, 3.63) is 0 Å². The van der Waals surface area contributed by atoms with E-state index in [1.54, 1.807) is 7.11 Å². The fourth-order valence-corrected chi connectivity index (χ4v) is 6.00.